The van der Waals surface area contributed by atoms with Crippen molar-refractivity contribution >= 4 is 6.16 Å². The minimum absolute atomic E-state index is 0.312. The molecular weight excluding hydrogens is 392 g/mol. The third-order valence-corrected chi connectivity index (χ3v) is 4.78. The van der Waals surface area contributed by atoms with E-state index in [9.17, 15) is 4.79 Å². The molecule has 0 unspecified atom stereocenters. The van der Waals surface area contributed by atoms with Crippen molar-refractivity contribution in [1.82, 2.24) is 19.7 Å². The van der Waals surface area contributed by atoms with E-state index in [1.807, 2.05) is 36.4 Å². The maximum absolute atomic E-state index is 11.1. The Hall–Kier alpha value is -4.00. The zero-order valence-corrected chi connectivity index (χ0v) is 17.3. The average molecular weight is 414 g/mol. The minimum atomic E-state index is -1.32. The van der Waals surface area contributed by atoms with E-state index in [1.165, 1.54) is 0 Å². The van der Waals surface area contributed by atoms with E-state index in [4.69, 9.17) is 14.9 Å². The molecule has 4 aromatic rings. The van der Waals surface area contributed by atoms with Gasteiger partial charge in [0, 0.05) is 24.4 Å². The highest BCUT2D eigenvalue weighted by Gasteiger charge is 2.27. The van der Waals surface area contributed by atoms with Crippen LogP contribution >= 0.6 is 0 Å². The number of nitrogens with zero attached hydrogens (tertiary/aromatic N) is 4. The molecule has 7 heteroatoms. The largest absolute Gasteiger partial charge is 0.506 e. The van der Waals surface area contributed by atoms with Crippen LogP contribution < -0.4 is 0 Å². The van der Waals surface area contributed by atoms with Gasteiger partial charge in [-0.05, 0) is 37.1 Å². The van der Waals surface area contributed by atoms with Crippen LogP contribution in [0, 0.1) is 0 Å². The molecule has 0 atom stereocenters. The highest BCUT2D eigenvalue weighted by Crippen LogP contribution is 2.27. The fourth-order valence-corrected chi connectivity index (χ4v) is 3.43. The molecule has 1 N–H and O–H groups in total. The first kappa shape index (κ1) is 20.3. The van der Waals surface area contributed by atoms with E-state index in [1.54, 1.807) is 37.0 Å². The quantitative estimate of drug-likeness (QED) is 0.446. The monoisotopic (exact) mass is 414 g/mol. The molecule has 0 aliphatic heterocycles. The predicted octanol–water partition coefficient (Wildman–Crippen LogP) is 5.01. The molecular formula is C24H22N4O3. The second-order valence-electron chi connectivity index (χ2n) is 7.73. The smallest absolute Gasteiger partial charge is 0.450 e. The lowest BCUT2D eigenvalue weighted by molar-refractivity contribution is 0.00346. The molecule has 0 saturated heterocycles. The molecule has 0 amide bonds. The van der Waals surface area contributed by atoms with Crippen LogP contribution in [0.2, 0.25) is 0 Å². The molecule has 2 aromatic heterocycles. The third-order valence-electron chi connectivity index (χ3n) is 4.78. The topological polar surface area (TPSA) is 90.1 Å². The zero-order valence-electron chi connectivity index (χ0n) is 17.3. The fourth-order valence-electron chi connectivity index (χ4n) is 3.43. The fraction of sp³-hybridized carbons (Fsp3) is 0.167. The van der Waals surface area contributed by atoms with E-state index in [2.05, 4.69) is 34.2 Å². The molecule has 0 bridgehead atoms. The molecule has 0 aliphatic rings. The summed E-state index contributed by atoms with van der Waals surface area (Å²) in [6.07, 6.45) is 2.28. The third kappa shape index (κ3) is 4.78. The second kappa shape index (κ2) is 8.39. The maximum atomic E-state index is 11.1. The molecule has 0 aliphatic carbocycles. The average Bonchev–Trinajstić information content (AvgIpc) is 3.17. The number of rotatable bonds is 6. The Morgan fingerprint density at radius 3 is 2.19 bits per heavy atom. The summed E-state index contributed by atoms with van der Waals surface area (Å²) in [4.78, 5) is 19.7. The van der Waals surface area contributed by atoms with Gasteiger partial charge in [-0.15, -0.1) is 0 Å². The van der Waals surface area contributed by atoms with Gasteiger partial charge >= 0.3 is 6.16 Å². The van der Waals surface area contributed by atoms with Gasteiger partial charge < -0.3 is 9.84 Å². The molecule has 0 spiro atoms. The van der Waals surface area contributed by atoms with Crippen LogP contribution in [0.3, 0.4) is 0 Å². The van der Waals surface area contributed by atoms with Gasteiger partial charge in [0.2, 0.25) is 0 Å². The van der Waals surface area contributed by atoms with E-state index in [-0.39, 0.29) is 0 Å². The number of hydrogen-bond acceptors (Lipinski definition) is 5. The van der Waals surface area contributed by atoms with Crippen LogP contribution in [0.25, 0.3) is 28.3 Å². The standard InChI is InChI=1S/C24H22N4O3/c1-24(2,31-23(29)30)16-20-15-21(27-28(20)22-25-13-6-14-26-22)19-11-9-18(10-12-19)17-7-4-3-5-8-17/h3-15H,16H2,1-2H3,(H,29,30). The summed E-state index contributed by atoms with van der Waals surface area (Å²) in [5, 5.41) is 13.8. The first-order valence-electron chi connectivity index (χ1n) is 9.85. The molecule has 0 radical (unpaired) electrons. The van der Waals surface area contributed by atoms with E-state index >= 15 is 0 Å². The lowest BCUT2D eigenvalue weighted by atomic mass is 10.0. The Balaban J connectivity index is 1.70. The van der Waals surface area contributed by atoms with Crippen LogP contribution in [-0.2, 0) is 11.2 Å². The summed E-state index contributed by atoms with van der Waals surface area (Å²) in [5.74, 6) is 0.413. The van der Waals surface area contributed by atoms with Crippen molar-refractivity contribution in [3.63, 3.8) is 0 Å². The van der Waals surface area contributed by atoms with E-state index in [0.717, 1.165) is 28.1 Å². The SMILES string of the molecule is CC(C)(Cc1cc(-c2ccc(-c3ccccc3)cc2)nn1-c1ncccn1)OC(=O)O. The van der Waals surface area contributed by atoms with Crippen LogP contribution in [0.1, 0.15) is 19.5 Å². The molecule has 4 rings (SSSR count). The van der Waals surface area contributed by atoms with Gasteiger partial charge in [0.05, 0.1) is 11.4 Å². The van der Waals surface area contributed by atoms with Gasteiger partial charge in [-0.2, -0.15) is 5.10 Å². The highest BCUT2D eigenvalue weighted by molar-refractivity contribution is 5.69. The second-order valence-corrected chi connectivity index (χ2v) is 7.73. The van der Waals surface area contributed by atoms with Crippen molar-refractivity contribution in [2.75, 3.05) is 0 Å². The van der Waals surface area contributed by atoms with Gasteiger partial charge in [0.1, 0.15) is 5.60 Å². The summed E-state index contributed by atoms with van der Waals surface area (Å²) in [6.45, 7) is 3.44. The number of aromatic nitrogens is 4. The van der Waals surface area contributed by atoms with Crippen molar-refractivity contribution in [2.24, 2.45) is 0 Å². The van der Waals surface area contributed by atoms with Crippen LogP contribution in [0.15, 0.2) is 79.1 Å². The molecule has 0 saturated carbocycles. The summed E-state index contributed by atoms with van der Waals surface area (Å²) in [6, 6.07) is 21.9. The van der Waals surface area contributed by atoms with Gasteiger partial charge in [-0.25, -0.2) is 19.4 Å². The molecule has 0 fully saturated rings. The Morgan fingerprint density at radius 1 is 0.935 bits per heavy atom. The first-order chi connectivity index (χ1) is 14.9. The summed E-state index contributed by atoms with van der Waals surface area (Å²) in [5.41, 5.74) is 3.75. The minimum Gasteiger partial charge on any atom is -0.450 e. The molecule has 156 valence electrons. The number of carboxylic acid groups (broad SMARTS) is 1. The van der Waals surface area contributed by atoms with Crippen LogP contribution in [-0.4, -0.2) is 36.6 Å². The lowest BCUT2D eigenvalue weighted by Crippen LogP contribution is -2.31. The van der Waals surface area contributed by atoms with Crippen molar-refractivity contribution in [3.05, 3.63) is 84.8 Å². The Bertz CT molecular complexity index is 1170. The molecule has 31 heavy (non-hydrogen) atoms. The Morgan fingerprint density at radius 2 is 1.55 bits per heavy atom. The molecule has 2 heterocycles. The van der Waals surface area contributed by atoms with Crippen molar-refractivity contribution in [2.45, 2.75) is 25.9 Å². The molecule has 7 nitrogen and oxygen atoms in total. The number of carbonyl (C=O) groups is 1. The Labute approximate surface area is 180 Å². The summed E-state index contributed by atoms with van der Waals surface area (Å²) < 4.78 is 6.68. The van der Waals surface area contributed by atoms with E-state index < -0.39 is 11.8 Å². The summed E-state index contributed by atoms with van der Waals surface area (Å²) in [7, 11) is 0. The number of hydrogen-bond donors (Lipinski definition) is 1. The van der Waals surface area contributed by atoms with Crippen LogP contribution in [0.4, 0.5) is 4.79 Å². The number of benzene rings is 2. The van der Waals surface area contributed by atoms with Crippen molar-refractivity contribution in [1.29, 1.82) is 0 Å². The first-order valence-corrected chi connectivity index (χ1v) is 9.85. The normalized spacial score (nSPS) is 11.3. The van der Waals surface area contributed by atoms with Gasteiger partial charge in [0.25, 0.3) is 5.95 Å². The van der Waals surface area contributed by atoms with Gasteiger partial charge in [-0.3, -0.25) is 0 Å². The van der Waals surface area contributed by atoms with Crippen LogP contribution in [0.5, 0.6) is 0 Å². The zero-order chi connectivity index (χ0) is 21.8. The lowest BCUT2D eigenvalue weighted by Gasteiger charge is -2.23. The number of ether oxygens (including phenoxy) is 1. The van der Waals surface area contributed by atoms with Crippen molar-refractivity contribution in [3.8, 4) is 28.3 Å². The molecule has 2 aromatic carbocycles. The van der Waals surface area contributed by atoms with Gasteiger partial charge in [-0.1, -0.05) is 54.6 Å². The highest BCUT2D eigenvalue weighted by atomic mass is 16.7. The maximum Gasteiger partial charge on any atom is 0.506 e. The predicted molar refractivity (Wildman–Crippen MR) is 117 cm³/mol. The van der Waals surface area contributed by atoms with E-state index in [0.29, 0.717) is 12.4 Å². The Kier molecular flexibility index (Phi) is 5.49. The van der Waals surface area contributed by atoms with Gasteiger partial charge in [0.15, 0.2) is 0 Å². The van der Waals surface area contributed by atoms with Crippen molar-refractivity contribution < 1.29 is 14.6 Å². The summed E-state index contributed by atoms with van der Waals surface area (Å²) >= 11 is 0.